The molecule has 180 valence electrons. The second-order valence-electron chi connectivity index (χ2n) is 8.51. The lowest BCUT2D eigenvalue weighted by Gasteiger charge is -2.26. The van der Waals surface area contributed by atoms with Crippen LogP contribution in [0.15, 0.2) is 120 Å². The number of aromatic nitrogens is 1. The van der Waals surface area contributed by atoms with Gasteiger partial charge in [-0.25, -0.2) is 9.37 Å². The van der Waals surface area contributed by atoms with Crippen molar-refractivity contribution in [1.82, 2.24) is 4.98 Å². The second kappa shape index (κ2) is 11.5. The highest BCUT2D eigenvalue weighted by molar-refractivity contribution is 7.95. The van der Waals surface area contributed by atoms with E-state index >= 15 is 0 Å². The summed E-state index contributed by atoms with van der Waals surface area (Å²) in [7, 11) is -2.06. The van der Waals surface area contributed by atoms with E-state index in [-0.39, 0.29) is 18.2 Å². The molecule has 0 saturated heterocycles. The summed E-state index contributed by atoms with van der Waals surface area (Å²) in [6, 6.07) is 37.2. The van der Waals surface area contributed by atoms with Gasteiger partial charge in [0.2, 0.25) is 5.89 Å². The molecule has 5 heteroatoms. The number of halogens is 2. The largest absolute Gasteiger partial charge is 1.00 e. The number of benzene rings is 4. The van der Waals surface area contributed by atoms with Crippen molar-refractivity contribution < 1.29 is 21.2 Å². The van der Waals surface area contributed by atoms with Gasteiger partial charge >= 0.3 is 0 Å². The highest BCUT2D eigenvalue weighted by atomic mass is 35.5. The van der Waals surface area contributed by atoms with Gasteiger partial charge in [0.15, 0.2) is 0 Å². The molecular formula is C31H26ClFNOP. The molecule has 36 heavy (non-hydrogen) atoms. The smallest absolute Gasteiger partial charge is 0.218 e. The van der Waals surface area contributed by atoms with Crippen molar-refractivity contribution in [2.24, 2.45) is 0 Å². The van der Waals surface area contributed by atoms with Gasteiger partial charge < -0.3 is 16.8 Å². The van der Waals surface area contributed by atoms with E-state index in [0.29, 0.717) is 11.5 Å². The van der Waals surface area contributed by atoms with Crippen LogP contribution in [-0.2, 0) is 6.16 Å². The molecule has 0 unspecified atom stereocenters. The van der Waals surface area contributed by atoms with E-state index in [1.807, 2.05) is 13.0 Å². The molecule has 0 saturated carbocycles. The first-order chi connectivity index (χ1) is 17.1. The van der Waals surface area contributed by atoms with Gasteiger partial charge in [0.05, 0.1) is 0 Å². The Balaban J connectivity index is 0.00000304. The molecule has 0 aliphatic rings. The van der Waals surface area contributed by atoms with Crippen molar-refractivity contribution in [1.29, 1.82) is 0 Å². The van der Waals surface area contributed by atoms with Crippen molar-refractivity contribution >= 4 is 35.3 Å². The Morgan fingerprint density at radius 2 is 1.28 bits per heavy atom. The maximum absolute atomic E-state index is 14.2. The zero-order valence-corrected chi connectivity index (χ0v) is 21.5. The first-order valence-electron chi connectivity index (χ1n) is 11.6. The molecule has 0 spiro atoms. The van der Waals surface area contributed by atoms with Gasteiger partial charge in [0, 0.05) is 11.6 Å². The van der Waals surface area contributed by atoms with Crippen LogP contribution in [0, 0.1) is 12.7 Å². The van der Waals surface area contributed by atoms with Gasteiger partial charge in [-0.3, -0.25) is 0 Å². The Morgan fingerprint density at radius 3 is 1.78 bits per heavy atom. The van der Waals surface area contributed by atoms with Crippen molar-refractivity contribution in [3.63, 3.8) is 0 Å². The number of nitrogens with zero attached hydrogens (tertiary/aromatic N) is 1. The fourth-order valence-electron chi connectivity index (χ4n) is 4.41. The Kier molecular flexibility index (Phi) is 8.15. The Hall–Kier alpha value is -3.52. The van der Waals surface area contributed by atoms with Gasteiger partial charge in [-0.2, -0.15) is 0 Å². The zero-order chi connectivity index (χ0) is 24.1. The Labute approximate surface area is 218 Å². The molecule has 0 atom stereocenters. The topological polar surface area (TPSA) is 26.0 Å². The first-order valence-corrected chi connectivity index (χ1v) is 13.6. The summed E-state index contributed by atoms with van der Waals surface area (Å²) in [5, 5.41) is 3.87. The van der Waals surface area contributed by atoms with Gasteiger partial charge in [-0.15, -0.1) is 0 Å². The van der Waals surface area contributed by atoms with Crippen molar-refractivity contribution in [3.05, 3.63) is 144 Å². The van der Waals surface area contributed by atoms with Crippen LogP contribution in [0.2, 0.25) is 0 Å². The fourth-order valence-corrected chi connectivity index (χ4v) is 8.53. The van der Waals surface area contributed by atoms with Crippen LogP contribution < -0.4 is 28.3 Å². The minimum Gasteiger partial charge on any atom is -1.00 e. The first kappa shape index (κ1) is 25.6. The summed E-state index contributed by atoms with van der Waals surface area (Å²) in [6.45, 7) is 1.87. The van der Waals surface area contributed by atoms with E-state index in [1.54, 1.807) is 24.5 Å². The van der Waals surface area contributed by atoms with Gasteiger partial charge in [0.25, 0.3) is 0 Å². The minimum atomic E-state index is -2.06. The maximum Gasteiger partial charge on any atom is 0.218 e. The lowest BCUT2D eigenvalue weighted by atomic mass is 10.1. The summed E-state index contributed by atoms with van der Waals surface area (Å²) in [5.41, 5.74) is 2.27. The number of rotatable bonds is 7. The molecule has 5 aromatic rings. The molecular weight excluding hydrogens is 488 g/mol. The normalized spacial score (nSPS) is 11.4. The van der Waals surface area contributed by atoms with Crippen LogP contribution in [-0.4, -0.2) is 4.98 Å². The number of oxazole rings is 1. The molecule has 0 N–H and O–H groups in total. The summed E-state index contributed by atoms with van der Waals surface area (Å²) in [5.74, 6) is 0.211. The van der Waals surface area contributed by atoms with Gasteiger partial charge in [0.1, 0.15) is 47.1 Å². The van der Waals surface area contributed by atoms with Crippen LogP contribution in [0.1, 0.15) is 22.7 Å². The van der Waals surface area contributed by atoms with E-state index in [9.17, 15) is 4.39 Å². The SMILES string of the molecule is Cc1ccc(/C=C/c2nc(C[P+](c3ccccc3)(c3ccccc3)c3ccccc3)co2)c(F)c1.[Cl-]. The van der Waals surface area contributed by atoms with E-state index in [0.717, 1.165) is 17.4 Å². The maximum atomic E-state index is 14.2. The highest BCUT2D eigenvalue weighted by Crippen LogP contribution is 2.57. The Morgan fingerprint density at radius 1 is 0.750 bits per heavy atom. The number of hydrogen-bond acceptors (Lipinski definition) is 2. The molecule has 1 aromatic heterocycles. The molecule has 2 nitrogen and oxygen atoms in total. The minimum absolute atomic E-state index is 0. The van der Waals surface area contributed by atoms with Crippen LogP contribution in [0.5, 0.6) is 0 Å². The van der Waals surface area contributed by atoms with Gasteiger partial charge in [-0.1, -0.05) is 66.7 Å². The van der Waals surface area contributed by atoms with Crippen LogP contribution >= 0.6 is 7.26 Å². The monoisotopic (exact) mass is 513 g/mol. The van der Waals surface area contributed by atoms with E-state index in [4.69, 9.17) is 9.40 Å². The average Bonchev–Trinajstić information content (AvgIpc) is 3.35. The molecule has 5 rings (SSSR count). The predicted molar refractivity (Wildman–Crippen MR) is 145 cm³/mol. The lowest BCUT2D eigenvalue weighted by Crippen LogP contribution is -3.00. The molecule has 1 heterocycles. The number of aryl methyl sites for hydroxylation is 1. The molecule has 4 aromatic carbocycles. The molecule has 0 amide bonds. The van der Waals surface area contributed by atoms with Crippen LogP contribution in [0.25, 0.3) is 12.2 Å². The summed E-state index contributed by atoms with van der Waals surface area (Å²) >= 11 is 0. The summed E-state index contributed by atoms with van der Waals surface area (Å²) in [6.07, 6.45) is 5.89. The third kappa shape index (κ3) is 5.33. The van der Waals surface area contributed by atoms with E-state index < -0.39 is 7.26 Å². The van der Waals surface area contributed by atoms with Crippen molar-refractivity contribution in [2.45, 2.75) is 13.1 Å². The fraction of sp³-hybridized carbons (Fsp3) is 0.0645. The third-order valence-corrected chi connectivity index (χ3v) is 10.5. The zero-order valence-electron chi connectivity index (χ0n) is 19.9. The summed E-state index contributed by atoms with van der Waals surface area (Å²) in [4.78, 5) is 4.79. The molecule has 0 radical (unpaired) electrons. The second-order valence-corrected chi connectivity index (χ2v) is 12.0. The number of hydrogen-bond donors (Lipinski definition) is 0. The predicted octanol–water partition coefficient (Wildman–Crippen LogP) is 3.79. The molecule has 0 aliphatic carbocycles. The Bertz CT molecular complexity index is 1340. The molecule has 0 aliphatic heterocycles. The van der Waals surface area contributed by atoms with E-state index in [2.05, 4.69) is 91.0 Å². The summed E-state index contributed by atoms with van der Waals surface area (Å²) < 4.78 is 20.0. The van der Waals surface area contributed by atoms with Crippen molar-refractivity contribution in [3.8, 4) is 0 Å². The van der Waals surface area contributed by atoms with Crippen LogP contribution in [0.3, 0.4) is 0 Å². The van der Waals surface area contributed by atoms with Crippen LogP contribution in [0.4, 0.5) is 4.39 Å². The molecule has 0 bridgehead atoms. The van der Waals surface area contributed by atoms with Gasteiger partial charge in [-0.05, 0) is 61.0 Å². The average molecular weight is 514 g/mol. The molecule has 0 fully saturated rings. The van der Waals surface area contributed by atoms with E-state index in [1.165, 1.54) is 22.0 Å². The van der Waals surface area contributed by atoms with Crippen molar-refractivity contribution in [2.75, 3.05) is 0 Å². The standard InChI is InChI=1S/C31H26FNOP.ClH/c1-24-17-18-25(30(32)21-24)19-20-31-33-26(22-34-31)23-35(27-11-5-2-6-12-27,28-13-7-3-8-14-28)29-15-9-4-10-16-29;/h2-22H,23H2,1H3;1H/q+1;/p-1/b20-19+;. The highest BCUT2D eigenvalue weighted by Gasteiger charge is 2.46. The lowest BCUT2D eigenvalue weighted by molar-refractivity contribution is -0.00000799. The third-order valence-electron chi connectivity index (χ3n) is 6.12. The quantitative estimate of drug-likeness (QED) is 0.310.